The van der Waals surface area contributed by atoms with Crippen LogP contribution < -0.4 is 4.74 Å². The Morgan fingerprint density at radius 1 is 0.939 bits per heavy atom. The van der Waals surface area contributed by atoms with Gasteiger partial charge in [-0.3, -0.25) is 24.1 Å². The van der Waals surface area contributed by atoms with Gasteiger partial charge in [-0.15, -0.1) is 11.3 Å². The third-order valence-electron chi connectivity index (χ3n) is 11.0. The molecule has 6 unspecified atom stereocenters. The predicted molar refractivity (Wildman–Crippen MR) is 189 cm³/mol. The molecule has 0 bridgehead atoms. The van der Waals surface area contributed by atoms with Crippen molar-refractivity contribution in [3.8, 4) is 11.5 Å². The number of ketones is 2. The Balaban J connectivity index is 1.37. The van der Waals surface area contributed by atoms with Crippen LogP contribution in [-0.2, 0) is 31.1 Å². The van der Waals surface area contributed by atoms with E-state index in [1.165, 1.54) is 29.4 Å². The fourth-order valence-electron chi connectivity index (χ4n) is 8.94. The third kappa shape index (κ3) is 4.73. The number of ether oxygens (including phenoxy) is 1. The second kappa shape index (κ2) is 12.1. The summed E-state index contributed by atoms with van der Waals surface area (Å²) < 4.78 is 5.96. The van der Waals surface area contributed by atoms with Crippen molar-refractivity contribution >= 4 is 56.2 Å². The van der Waals surface area contributed by atoms with Gasteiger partial charge in [-0.1, -0.05) is 78.4 Å². The monoisotopic (exact) mass is 733 g/mol. The highest BCUT2D eigenvalue weighted by Crippen LogP contribution is 2.64. The van der Waals surface area contributed by atoms with E-state index < -0.39 is 35.0 Å². The number of halogens is 1. The molecule has 1 aromatic heterocycles. The van der Waals surface area contributed by atoms with Crippen LogP contribution in [0.3, 0.4) is 0 Å². The summed E-state index contributed by atoms with van der Waals surface area (Å²) >= 11 is 5.00. The zero-order chi connectivity index (χ0) is 34.0. The predicted octanol–water partition coefficient (Wildman–Crippen LogP) is 7.25. The number of hydrogen-bond acceptors (Lipinski definition) is 7. The summed E-state index contributed by atoms with van der Waals surface area (Å²) in [5.41, 5.74) is 1.86. The van der Waals surface area contributed by atoms with Crippen LogP contribution in [0.15, 0.2) is 113 Å². The molecule has 0 spiro atoms. The number of rotatable bonds is 6. The number of hydrogen-bond donors (Lipinski definition) is 1. The van der Waals surface area contributed by atoms with Gasteiger partial charge in [0.15, 0.2) is 23.1 Å². The Hall–Kier alpha value is -4.60. The first-order valence-corrected chi connectivity index (χ1v) is 18.0. The number of Topliss-reactive ketones (excluding diaryl/α,β-unsaturated/α-hetero) is 1. The SMILES string of the molecule is COc1cc(C2C3=CCC4C(=O)N(Cc5cccs5)C(=O)C4C3CC3C(=O)C(c4ccccc4)=CC(=O)C32c2ccccc2)cc(Br)c1O. The van der Waals surface area contributed by atoms with Gasteiger partial charge in [0, 0.05) is 22.3 Å². The molecule has 3 aromatic carbocycles. The summed E-state index contributed by atoms with van der Waals surface area (Å²) in [5, 5.41) is 12.8. The Labute approximate surface area is 296 Å². The number of imide groups is 1. The minimum absolute atomic E-state index is 0.0836. The highest BCUT2D eigenvalue weighted by molar-refractivity contribution is 9.10. The molecular formula is C40H32BrNO6S. The smallest absolute Gasteiger partial charge is 0.234 e. The fourth-order valence-corrected chi connectivity index (χ4v) is 10.1. The molecule has 9 heteroatoms. The largest absolute Gasteiger partial charge is 0.503 e. The molecule has 2 fully saturated rings. The van der Waals surface area contributed by atoms with Crippen molar-refractivity contribution in [2.75, 3.05) is 7.11 Å². The van der Waals surface area contributed by atoms with Crippen LogP contribution in [0.2, 0.25) is 0 Å². The van der Waals surface area contributed by atoms with Crippen LogP contribution in [0.1, 0.15) is 40.3 Å². The lowest BCUT2D eigenvalue weighted by atomic mass is 9.44. The molecule has 8 rings (SSSR count). The van der Waals surface area contributed by atoms with Crippen LogP contribution in [0.25, 0.3) is 5.57 Å². The summed E-state index contributed by atoms with van der Waals surface area (Å²) in [6.45, 7) is 0.214. The van der Waals surface area contributed by atoms with E-state index in [2.05, 4.69) is 15.9 Å². The Morgan fingerprint density at radius 2 is 1.67 bits per heavy atom. The van der Waals surface area contributed by atoms with E-state index in [4.69, 9.17) is 4.74 Å². The molecular weight excluding hydrogens is 702 g/mol. The van der Waals surface area contributed by atoms with Crippen molar-refractivity contribution in [1.82, 2.24) is 4.90 Å². The molecule has 2 amide bonds. The van der Waals surface area contributed by atoms with E-state index >= 15 is 9.59 Å². The molecule has 1 saturated carbocycles. The summed E-state index contributed by atoms with van der Waals surface area (Å²) in [6, 6.07) is 26.0. The molecule has 7 nitrogen and oxygen atoms in total. The van der Waals surface area contributed by atoms with E-state index in [1.54, 1.807) is 12.1 Å². The van der Waals surface area contributed by atoms with Crippen molar-refractivity contribution in [2.24, 2.45) is 23.7 Å². The number of carbonyl (C=O) groups is 4. The van der Waals surface area contributed by atoms with E-state index in [9.17, 15) is 14.7 Å². The van der Waals surface area contributed by atoms with Crippen LogP contribution in [0.4, 0.5) is 0 Å². The lowest BCUT2D eigenvalue weighted by Gasteiger charge is -2.55. The van der Waals surface area contributed by atoms with Gasteiger partial charge in [-0.05, 0) is 81.0 Å². The number of amides is 2. The minimum Gasteiger partial charge on any atom is -0.503 e. The summed E-state index contributed by atoms with van der Waals surface area (Å²) in [6.07, 6.45) is 4.12. The number of aromatic hydroxyl groups is 1. The number of likely N-dealkylation sites (tertiary alicyclic amines) is 1. The molecule has 0 radical (unpaired) electrons. The lowest BCUT2D eigenvalue weighted by molar-refractivity contribution is -0.141. The maximum absolute atomic E-state index is 15.1. The molecule has 1 N–H and O–H groups in total. The summed E-state index contributed by atoms with van der Waals surface area (Å²) in [5.74, 6) is -3.91. The van der Waals surface area contributed by atoms with Crippen LogP contribution >= 0.6 is 27.3 Å². The second-order valence-corrected chi connectivity index (χ2v) is 15.1. The first-order valence-electron chi connectivity index (χ1n) is 16.3. The van der Waals surface area contributed by atoms with Crippen molar-refractivity contribution < 1.29 is 29.0 Å². The molecule has 1 saturated heterocycles. The quantitative estimate of drug-likeness (QED) is 0.166. The third-order valence-corrected chi connectivity index (χ3v) is 12.4. The number of allylic oxidation sites excluding steroid dienone is 4. The molecule has 1 aliphatic heterocycles. The van der Waals surface area contributed by atoms with Gasteiger partial charge in [-0.2, -0.15) is 0 Å². The summed E-state index contributed by atoms with van der Waals surface area (Å²) in [7, 11) is 1.46. The highest BCUT2D eigenvalue weighted by Gasteiger charge is 2.66. The van der Waals surface area contributed by atoms with Crippen LogP contribution in [0.5, 0.6) is 11.5 Å². The number of fused-ring (bicyclic) bond motifs is 4. The number of phenols is 1. The number of benzene rings is 3. The Kier molecular flexibility index (Phi) is 7.80. The molecule has 246 valence electrons. The number of phenolic OH excluding ortho intramolecular Hbond substituents is 1. The van der Waals surface area contributed by atoms with E-state index in [1.807, 2.05) is 84.3 Å². The molecule has 3 aliphatic carbocycles. The van der Waals surface area contributed by atoms with Crippen LogP contribution in [0, 0.1) is 23.7 Å². The Bertz CT molecular complexity index is 2070. The van der Waals surface area contributed by atoms with Gasteiger partial charge in [-0.25, -0.2) is 0 Å². The fraction of sp³-hybridized carbons (Fsp3) is 0.250. The molecule has 4 aromatic rings. The highest BCUT2D eigenvalue weighted by atomic mass is 79.9. The van der Waals surface area contributed by atoms with Gasteiger partial charge in [0.05, 0.1) is 35.4 Å². The van der Waals surface area contributed by atoms with Gasteiger partial charge >= 0.3 is 0 Å². The van der Waals surface area contributed by atoms with E-state index in [-0.39, 0.29) is 47.8 Å². The number of methoxy groups -OCH3 is 1. The van der Waals surface area contributed by atoms with Gasteiger partial charge < -0.3 is 9.84 Å². The maximum atomic E-state index is 15.1. The zero-order valence-corrected chi connectivity index (χ0v) is 28.9. The summed E-state index contributed by atoms with van der Waals surface area (Å²) in [4.78, 5) is 60.7. The van der Waals surface area contributed by atoms with Gasteiger partial charge in [0.2, 0.25) is 11.8 Å². The standard InChI is InChI=1S/C40H32BrNO6S/c1-48-32-18-23(17-31(41)37(32)45)35-26-14-15-27-34(39(47)42(38(27)46)21-25-13-8-16-49-25)29(26)19-30-36(44)28(22-9-4-2-5-10-22)20-33(43)40(30,35)24-11-6-3-7-12-24/h2-14,16-18,20,27,29-30,34-35,45H,15,19,21H2,1H3. The number of nitrogens with zero attached hydrogens (tertiary/aromatic N) is 1. The van der Waals surface area contributed by atoms with Gasteiger partial charge in [0.1, 0.15) is 0 Å². The van der Waals surface area contributed by atoms with Crippen molar-refractivity contribution in [1.29, 1.82) is 0 Å². The molecule has 4 aliphatic rings. The van der Waals surface area contributed by atoms with E-state index in [0.29, 0.717) is 33.2 Å². The topological polar surface area (TPSA) is 101 Å². The minimum atomic E-state index is -1.37. The average molecular weight is 735 g/mol. The Morgan fingerprint density at radius 3 is 2.37 bits per heavy atom. The maximum Gasteiger partial charge on any atom is 0.234 e. The normalized spacial score (nSPS) is 27.6. The number of thiophene rings is 1. The van der Waals surface area contributed by atoms with Crippen molar-refractivity contribution in [3.63, 3.8) is 0 Å². The lowest BCUT2D eigenvalue weighted by Crippen LogP contribution is -2.58. The first-order chi connectivity index (χ1) is 23.7. The zero-order valence-electron chi connectivity index (χ0n) is 26.5. The number of carbonyl (C=O) groups excluding carboxylic acids is 4. The van der Waals surface area contributed by atoms with Crippen LogP contribution in [-0.4, -0.2) is 40.5 Å². The first kappa shape index (κ1) is 31.7. The second-order valence-electron chi connectivity index (χ2n) is 13.2. The van der Waals surface area contributed by atoms with Crippen molar-refractivity contribution in [2.45, 2.75) is 30.7 Å². The van der Waals surface area contributed by atoms with Gasteiger partial charge in [0.25, 0.3) is 0 Å². The van der Waals surface area contributed by atoms with Crippen molar-refractivity contribution in [3.05, 3.63) is 134 Å². The molecule has 49 heavy (non-hydrogen) atoms. The van der Waals surface area contributed by atoms with E-state index in [0.717, 1.165) is 10.5 Å². The average Bonchev–Trinajstić information content (AvgIpc) is 3.73. The molecule has 6 atom stereocenters. The molecule has 2 heterocycles.